The molecule has 0 amide bonds. The van der Waals surface area contributed by atoms with Crippen molar-refractivity contribution in [1.82, 2.24) is 4.98 Å². The van der Waals surface area contributed by atoms with Crippen LogP contribution in [0.5, 0.6) is 0 Å². The molecular formula is C14H20Cl2N4O2S. The van der Waals surface area contributed by atoms with Gasteiger partial charge in [-0.05, 0) is 37.1 Å². The number of allylic oxidation sites excluding steroid dienone is 1. The standard InChI is InChI=1S/C14H20Cl2N4O2S/c1-10(2)22-19-14(17)20-23(3,21)12(5-4-8-15)11-6-7-13(16)18-9-11/h4,6-10,12H,5H2,1-3H3,(H2,17,19)/b8-4+. The number of rotatable bonds is 6. The predicted octanol–water partition coefficient (Wildman–Crippen LogP) is 3.67. The van der Waals surface area contributed by atoms with Gasteiger partial charge in [0, 0.05) is 18.0 Å². The Kier molecular flexibility index (Phi) is 7.81. The van der Waals surface area contributed by atoms with Crippen molar-refractivity contribution in [3.63, 3.8) is 0 Å². The third-order valence-corrected chi connectivity index (χ3v) is 5.19. The number of hydrogen-bond donors (Lipinski definition) is 1. The molecule has 1 heterocycles. The Balaban J connectivity index is 3.20. The molecule has 9 heteroatoms. The van der Waals surface area contributed by atoms with Crippen LogP contribution in [0.1, 0.15) is 31.1 Å². The Morgan fingerprint density at radius 2 is 2.22 bits per heavy atom. The summed E-state index contributed by atoms with van der Waals surface area (Å²) >= 11 is 11.4. The van der Waals surface area contributed by atoms with E-state index in [4.69, 9.17) is 33.8 Å². The maximum Gasteiger partial charge on any atom is 0.265 e. The molecule has 0 radical (unpaired) electrons. The van der Waals surface area contributed by atoms with Crippen molar-refractivity contribution in [2.45, 2.75) is 31.6 Å². The lowest BCUT2D eigenvalue weighted by molar-refractivity contribution is 0.0854. The fourth-order valence-corrected chi connectivity index (χ4v) is 3.60. The van der Waals surface area contributed by atoms with Crippen molar-refractivity contribution >= 4 is 38.9 Å². The minimum absolute atomic E-state index is 0.146. The molecule has 0 aliphatic heterocycles. The van der Waals surface area contributed by atoms with Crippen molar-refractivity contribution < 1.29 is 9.05 Å². The molecule has 1 aromatic heterocycles. The summed E-state index contributed by atoms with van der Waals surface area (Å²) in [5.74, 6) is -0.173. The van der Waals surface area contributed by atoms with Crippen LogP contribution in [0.15, 0.2) is 39.5 Å². The molecule has 128 valence electrons. The Morgan fingerprint density at radius 1 is 1.52 bits per heavy atom. The molecular weight excluding hydrogens is 359 g/mol. The number of oxime groups is 1. The predicted molar refractivity (Wildman–Crippen MR) is 95.9 cm³/mol. The summed E-state index contributed by atoms with van der Waals surface area (Å²) in [6.07, 6.45) is 5.02. The molecule has 23 heavy (non-hydrogen) atoms. The summed E-state index contributed by atoms with van der Waals surface area (Å²) in [5, 5.41) is 3.54. The Morgan fingerprint density at radius 3 is 2.74 bits per heavy atom. The zero-order valence-electron chi connectivity index (χ0n) is 13.1. The number of hydrogen-bond acceptors (Lipinski definition) is 4. The van der Waals surface area contributed by atoms with Gasteiger partial charge in [0.25, 0.3) is 5.96 Å². The van der Waals surface area contributed by atoms with Crippen LogP contribution in [-0.2, 0) is 14.6 Å². The average molecular weight is 379 g/mol. The Labute approximate surface area is 146 Å². The highest BCUT2D eigenvalue weighted by atomic mass is 35.5. The van der Waals surface area contributed by atoms with Gasteiger partial charge in [-0.1, -0.05) is 35.3 Å². The molecule has 1 aromatic rings. The molecule has 0 aliphatic carbocycles. The molecule has 0 saturated carbocycles. The molecule has 0 bridgehead atoms. The fourth-order valence-electron chi connectivity index (χ4n) is 1.75. The highest BCUT2D eigenvalue weighted by molar-refractivity contribution is 7.93. The lowest BCUT2D eigenvalue weighted by Gasteiger charge is -2.17. The van der Waals surface area contributed by atoms with Crippen molar-refractivity contribution in [2.75, 3.05) is 6.26 Å². The van der Waals surface area contributed by atoms with Crippen LogP contribution in [0.25, 0.3) is 0 Å². The van der Waals surface area contributed by atoms with Crippen LogP contribution in [0.2, 0.25) is 5.15 Å². The van der Waals surface area contributed by atoms with Crippen molar-refractivity contribution in [3.05, 3.63) is 40.7 Å². The van der Waals surface area contributed by atoms with Gasteiger partial charge >= 0.3 is 0 Å². The second-order valence-corrected chi connectivity index (χ2v) is 8.17. The number of pyridine rings is 1. The molecule has 0 saturated heterocycles. The van der Waals surface area contributed by atoms with Crippen LogP contribution >= 0.6 is 23.2 Å². The molecule has 0 aromatic carbocycles. The van der Waals surface area contributed by atoms with E-state index in [2.05, 4.69) is 14.5 Å². The van der Waals surface area contributed by atoms with Gasteiger partial charge in [0.2, 0.25) is 0 Å². The van der Waals surface area contributed by atoms with Crippen molar-refractivity contribution in [2.24, 2.45) is 15.3 Å². The van der Waals surface area contributed by atoms with E-state index in [-0.39, 0.29) is 12.1 Å². The lowest BCUT2D eigenvalue weighted by Crippen LogP contribution is -2.18. The van der Waals surface area contributed by atoms with Gasteiger partial charge in [-0.2, -0.15) is 4.36 Å². The molecule has 0 spiro atoms. The molecule has 2 atom stereocenters. The topological polar surface area (TPSA) is 89.9 Å². The largest absolute Gasteiger partial charge is 0.390 e. The van der Waals surface area contributed by atoms with Crippen LogP contribution < -0.4 is 5.73 Å². The average Bonchev–Trinajstić information content (AvgIpc) is 2.46. The smallest absolute Gasteiger partial charge is 0.265 e. The zero-order chi connectivity index (χ0) is 17.5. The second-order valence-electron chi connectivity index (χ2n) is 5.06. The first-order valence-corrected chi connectivity index (χ1v) is 9.63. The minimum atomic E-state index is -2.76. The van der Waals surface area contributed by atoms with Gasteiger partial charge in [0.15, 0.2) is 0 Å². The first-order valence-electron chi connectivity index (χ1n) is 6.83. The molecule has 0 fully saturated rings. The number of nitrogens with two attached hydrogens (primary N) is 1. The van der Waals surface area contributed by atoms with E-state index in [1.165, 1.54) is 11.8 Å². The molecule has 6 nitrogen and oxygen atoms in total. The third-order valence-electron chi connectivity index (χ3n) is 2.72. The van der Waals surface area contributed by atoms with Crippen LogP contribution in [0, 0.1) is 0 Å². The van der Waals surface area contributed by atoms with Crippen molar-refractivity contribution in [1.29, 1.82) is 0 Å². The zero-order valence-corrected chi connectivity index (χ0v) is 15.5. The third kappa shape index (κ3) is 6.76. The van der Waals surface area contributed by atoms with Gasteiger partial charge in [0.1, 0.15) is 11.3 Å². The first kappa shape index (κ1) is 19.7. The van der Waals surface area contributed by atoms with Gasteiger partial charge in [-0.3, -0.25) is 0 Å². The maximum atomic E-state index is 13.0. The number of guanidine groups is 1. The monoisotopic (exact) mass is 378 g/mol. The molecule has 1 rings (SSSR count). The number of nitrogens with zero attached hydrogens (tertiary/aromatic N) is 3. The lowest BCUT2D eigenvalue weighted by atomic mass is 10.1. The van der Waals surface area contributed by atoms with E-state index in [1.807, 2.05) is 0 Å². The van der Waals surface area contributed by atoms with Gasteiger partial charge in [-0.15, -0.1) is 0 Å². The van der Waals surface area contributed by atoms with E-state index < -0.39 is 15.0 Å². The fraction of sp³-hybridized carbons (Fsp3) is 0.429. The summed E-state index contributed by atoms with van der Waals surface area (Å²) in [6, 6.07) is 3.38. The van der Waals surface area contributed by atoms with Gasteiger partial charge < -0.3 is 10.6 Å². The summed E-state index contributed by atoms with van der Waals surface area (Å²) in [7, 11) is -2.76. The van der Waals surface area contributed by atoms with Gasteiger partial charge in [-0.25, -0.2) is 9.19 Å². The van der Waals surface area contributed by atoms with Gasteiger partial charge in [0.05, 0.1) is 15.0 Å². The van der Waals surface area contributed by atoms with E-state index in [0.29, 0.717) is 11.6 Å². The summed E-state index contributed by atoms with van der Waals surface area (Å²) in [6.45, 7) is 3.60. The molecule has 0 aliphatic rings. The van der Waals surface area contributed by atoms with E-state index in [0.717, 1.165) is 5.56 Å². The highest BCUT2D eigenvalue weighted by Crippen LogP contribution is 2.28. The maximum absolute atomic E-state index is 13.0. The Hall–Kier alpha value is -1.31. The quantitative estimate of drug-likeness (QED) is 0.353. The van der Waals surface area contributed by atoms with Crippen molar-refractivity contribution in [3.8, 4) is 0 Å². The summed E-state index contributed by atoms with van der Waals surface area (Å²) < 4.78 is 17.0. The van der Waals surface area contributed by atoms with E-state index in [9.17, 15) is 4.21 Å². The summed E-state index contributed by atoms with van der Waals surface area (Å²) in [4.78, 5) is 9.03. The highest BCUT2D eigenvalue weighted by Gasteiger charge is 2.21. The van der Waals surface area contributed by atoms with Crippen LogP contribution in [0.4, 0.5) is 0 Å². The van der Waals surface area contributed by atoms with Crippen LogP contribution in [-0.4, -0.2) is 27.5 Å². The second kappa shape index (κ2) is 9.10. The SMILES string of the molecule is CC(C)O/N=C(/N)N=S(C)(=O)C(C/C=C/Cl)c1ccc(Cl)nc1. The minimum Gasteiger partial charge on any atom is -0.390 e. The normalized spacial score (nSPS) is 16.3. The van der Waals surface area contributed by atoms with E-state index in [1.54, 1.807) is 38.3 Å². The van der Waals surface area contributed by atoms with E-state index >= 15 is 0 Å². The number of aromatic nitrogens is 1. The molecule has 2 N–H and O–H groups in total. The Bertz CT molecular complexity index is 681. The summed E-state index contributed by atoms with van der Waals surface area (Å²) in [5.41, 5.74) is 7.76. The number of halogens is 2. The van der Waals surface area contributed by atoms with Crippen LogP contribution in [0.3, 0.4) is 0 Å². The molecule has 2 unspecified atom stereocenters. The first-order chi connectivity index (χ1) is 10.8.